The third-order valence-electron chi connectivity index (χ3n) is 2.98. The standard InChI is InChI=1S/C12H26As2/c1-2-4-6-8-10-12-14-13-11-9-7-5-3-1/h13-14H,1-12H2. The van der Waals surface area contributed by atoms with Crippen molar-refractivity contribution in [3.8, 4) is 0 Å². The summed E-state index contributed by atoms with van der Waals surface area (Å²) in [5.41, 5.74) is 0. The molecule has 0 amide bonds. The molecule has 0 nitrogen and oxygen atoms in total. The van der Waals surface area contributed by atoms with Crippen LogP contribution in [0.4, 0.5) is 0 Å². The molecule has 2 heteroatoms. The van der Waals surface area contributed by atoms with E-state index in [-0.39, 0.29) is 0 Å². The van der Waals surface area contributed by atoms with Gasteiger partial charge in [0.2, 0.25) is 0 Å². The van der Waals surface area contributed by atoms with Crippen molar-refractivity contribution in [2.45, 2.75) is 74.6 Å². The van der Waals surface area contributed by atoms with Gasteiger partial charge in [-0.3, -0.25) is 0 Å². The summed E-state index contributed by atoms with van der Waals surface area (Å²) in [7, 11) is 0. The molecule has 0 aliphatic carbocycles. The molecule has 1 rings (SSSR count). The fourth-order valence-corrected chi connectivity index (χ4v) is 12.3. The Kier molecular flexibility index (Phi) is 10.0. The molecule has 1 saturated heterocycles. The van der Waals surface area contributed by atoms with Gasteiger partial charge < -0.3 is 0 Å². The molecule has 1 heterocycles. The third kappa shape index (κ3) is 8.43. The Morgan fingerprint density at radius 1 is 0.357 bits per heavy atom. The van der Waals surface area contributed by atoms with E-state index in [0.29, 0.717) is 27.4 Å². The van der Waals surface area contributed by atoms with E-state index in [0.717, 1.165) is 0 Å². The first-order valence-corrected chi connectivity index (χ1v) is 15.9. The number of hydrogen-bond acceptors (Lipinski definition) is 0. The van der Waals surface area contributed by atoms with Crippen LogP contribution in [0.1, 0.15) is 64.2 Å². The average Bonchev–Trinajstić information content (AvgIpc) is 2.22. The molecule has 0 N–H and O–H groups in total. The normalized spacial score (nSPS) is 27.4. The molecule has 1 aliphatic heterocycles. The van der Waals surface area contributed by atoms with Crippen LogP contribution in [0.25, 0.3) is 0 Å². The molecular formula is C12H26As2. The molecule has 2 atom stereocenters. The fraction of sp³-hybridized carbons (Fsp3) is 1.00. The molecule has 0 radical (unpaired) electrons. The van der Waals surface area contributed by atoms with Crippen molar-refractivity contribution in [1.29, 1.82) is 0 Å². The van der Waals surface area contributed by atoms with E-state index in [1.165, 1.54) is 38.5 Å². The second-order valence-electron chi connectivity index (χ2n) is 4.39. The van der Waals surface area contributed by atoms with Gasteiger partial charge in [-0.25, -0.2) is 0 Å². The predicted octanol–water partition coefficient (Wildman–Crippen LogP) is 3.53. The number of rotatable bonds is 0. The topological polar surface area (TPSA) is 0 Å². The van der Waals surface area contributed by atoms with E-state index in [4.69, 9.17) is 0 Å². The van der Waals surface area contributed by atoms with E-state index in [2.05, 4.69) is 0 Å². The van der Waals surface area contributed by atoms with Gasteiger partial charge in [0.25, 0.3) is 0 Å². The molecule has 1 aliphatic rings. The summed E-state index contributed by atoms with van der Waals surface area (Å²) in [6.45, 7) is 0. The van der Waals surface area contributed by atoms with E-state index < -0.39 is 0 Å². The number of hydrogen-bond donors (Lipinski definition) is 0. The zero-order valence-corrected chi connectivity index (χ0v) is 13.7. The zero-order valence-electron chi connectivity index (χ0n) is 9.49. The minimum atomic E-state index is 0.605. The average molecular weight is 320 g/mol. The summed E-state index contributed by atoms with van der Waals surface area (Å²) in [5, 5.41) is 3.36. The Bertz CT molecular complexity index is 61.6. The summed E-state index contributed by atoms with van der Waals surface area (Å²) in [6, 6.07) is 0. The second-order valence-corrected chi connectivity index (χ2v) is 15.7. The van der Waals surface area contributed by atoms with E-state index in [1.54, 1.807) is 36.1 Å². The van der Waals surface area contributed by atoms with Crippen LogP contribution < -0.4 is 0 Å². The van der Waals surface area contributed by atoms with Gasteiger partial charge in [0, 0.05) is 0 Å². The molecule has 0 bridgehead atoms. The van der Waals surface area contributed by atoms with Crippen molar-refractivity contribution in [3.63, 3.8) is 0 Å². The van der Waals surface area contributed by atoms with Crippen molar-refractivity contribution in [2.24, 2.45) is 0 Å². The summed E-state index contributed by atoms with van der Waals surface area (Å²) in [5.74, 6) is 0. The van der Waals surface area contributed by atoms with Gasteiger partial charge in [-0.05, 0) is 0 Å². The van der Waals surface area contributed by atoms with Gasteiger partial charge in [0.05, 0.1) is 0 Å². The van der Waals surface area contributed by atoms with Crippen LogP contribution in [0.2, 0.25) is 10.4 Å². The third-order valence-corrected chi connectivity index (χ3v) is 14.2. The van der Waals surface area contributed by atoms with E-state index in [1.807, 2.05) is 0 Å². The van der Waals surface area contributed by atoms with Gasteiger partial charge in [-0.2, -0.15) is 0 Å². The van der Waals surface area contributed by atoms with Crippen LogP contribution >= 0.6 is 0 Å². The molecule has 0 aromatic rings. The molecular weight excluding hydrogens is 294 g/mol. The van der Waals surface area contributed by atoms with Crippen molar-refractivity contribution in [2.75, 3.05) is 0 Å². The Morgan fingerprint density at radius 3 is 1.00 bits per heavy atom. The van der Waals surface area contributed by atoms with Crippen LogP contribution in [0.3, 0.4) is 0 Å². The van der Waals surface area contributed by atoms with Crippen LogP contribution in [0.15, 0.2) is 0 Å². The van der Waals surface area contributed by atoms with Crippen LogP contribution in [0, 0.1) is 0 Å². The monoisotopic (exact) mass is 320 g/mol. The molecule has 0 aromatic carbocycles. The Labute approximate surface area is 102 Å². The minimum absolute atomic E-state index is 0.605. The zero-order chi connectivity index (χ0) is 9.90. The Balaban J connectivity index is 2.00. The first-order valence-electron chi connectivity index (χ1n) is 6.46. The van der Waals surface area contributed by atoms with Gasteiger partial charge in [-0.1, -0.05) is 0 Å². The van der Waals surface area contributed by atoms with Gasteiger partial charge in [0.15, 0.2) is 0 Å². The molecule has 1 fully saturated rings. The maximum absolute atomic E-state index is 1.68. The molecule has 84 valence electrons. The van der Waals surface area contributed by atoms with Gasteiger partial charge >= 0.3 is 102 Å². The van der Waals surface area contributed by atoms with Gasteiger partial charge in [0.1, 0.15) is 0 Å². The van der Waals surface area contributed by atoms with Crippen LogP contribution in [0.5, 0.6) is 0 Å². The van der Waals surface area contributed by atoms with E-state index >= 15 is 0 Å². The molecule has 14 heavy (non-hydrogen) atoms. The van der Waals surface area contributed by atoms with Crippen molar-refractivity contribution in [3.05, 3.63) is 0 Å². The van der Waals surface area contributed by atoms with Crippen LogP contribution in [-0.2, 0) is 0 Å². The van der Waals surface area contributed by atoms with Crippen molar-refractivity contribution in [1.82, 2.24) is 0 Å². The summed E-state index contributed by atoms with van der Waals surface area (Å²) < 4.78 is 0. The molecule has 0 aromatic heterocycles. The van der Waals surface area contributed by atoms with Crippen molar-refractivity contribution < 1.29 is 0 Å². The van der Waals surface area contributed by atoms with Crippen molar-refractivity contribution >= 4 is 27.4 Å². The molecule has 0 saturated carbocycles. The Hall–Kier alpha value is 1.12. The molecule has 0 spiro atoms. The molecule has 2 unspecified atom stereocenters. The maximum atomic E-state index is 1.68. The van der Waals surface area contributed by atoms with Gasteiger partial charge in [-0.15, -0.1) is 0 Å². The summed E-state index contributed by atoms with van der Waals surface area (Å²) >= 11 is 1.21. The van der Waals surface area contributed by atoms with E-state index in [9.17, 15) is 0 Å². The first kappa shape index (κ1) is 13.2. The summed E-state index contributed by atoms with van der Waals surface area (Å²) in [6.07, 6.45) is 15.4. The second kappa shape index (κ2) is 10.6. The quantitative estimate of drug-likeness (QED) is 0.599. The van der Waals surface area contributed by atoms with Crippen LogP contribution in [-0.4, -0.2) is 27.4 Å². The predicted molar refractivity (Wildman–Crippen MR) is 70.1 cm³/mol. The fourth-order valence-electron chi connectivity index (χ4n) is 2.02. The first-order chi connectivity index (χ1) is 7.00. The SMILES string of the molecule is C1CCCCCC[AsH][AsH]CCCCC1. The Morgan fingerprint density at radius 2 is 0.643 bits per heavy atom. The summed E-state index contributed by atoms with van der Waals surface area (Å²) in [4.78, 5) is 0.